The average Bonchev–Trinajstić information content (AvgIpc) is 2.17. The minimum absolute atomic E-state index is 0.136. The third-order valence-electron chi connectivity index (χ3n) is 3.81. The van der Waals surface area contributed by atoms with Crippen molar-refractivity contribution < 1.29 is 13.6 Å². The summed E-state index contributed by atoms with van der Waals surface area (Å²) in [5, 5.41) is 3.04. The molecule has 17 heavy (non-hydrogen) atoms. The minimum atomic E-state index is -2.25. The van der Waals surface area contributed by atoms with Crippen LogP contribution >= 0.6 is 0 Å². The van der Waals surface area contributed by atoms with Gasteiger partial charge in [0.25, 0.3) is 6.43 Å². The first-order valence-electron chi connectivity index (χ1n) is 6.46. The molecule has 2 fully saturated rings. The SMILES string of the molecule is O=C(NC1CCN(CC(F)F)CC1)C1CCC1. The van der Waals surface area contributed by atoms with Crippen molar-refractivity contribution in [2.75, 3.05) is 19.6 Å². The maximum Gasteiger partial charge on any atom is 0.251 e. The molecule has 1 saturated carbocycles. The number of nitrogens with one attached hydrogen (secondary N) is 1. The Hall–Kier alpha value is -0.710. The van der Waals surface area contributed by atoms with Crippen LogP contribution in [0.2, 0.25) is 0 Å². The lowest BCUT2D eigenvalue weighted by molar-refractivity contribution is -0.128. The molecular weight excluding hydrogens is 226 g/mol. The Morgan fingerprint density at radius 3 is 2.35 bits per heavy atom. The molecule has 0 unspecified atom stereocenters. The van der Waals surface area contributed by atoms with Crippen molar-refractivity contribution in [3.63, 3.8) is 0 Å². The predicted octanol–water partition coefficient (Wildman–Crippen LogP) is 1.63. The van der Waals surface area contributed by atoms with Gasteiger partial charge in [0.1, 0.15) is 0 Å². The van der Waals surface area contributed by atoms with E-state index < -0.39 is 6.43 Å². The molecule has 0 bridgehead atoms. The van der Waals surface area contributed by atoms with Crippen LogP contribution < -0.4 is 5.32 Å². The van der Waals surface area contributed by atoms with Crippen molar-refractivity contribution in [1.82, 2.24) is 10.2 Å². The molecule has 2 aliphatic rings. The molecule has 0 atom stereocenters. The van der Waals surface area contributed by atoms with Crippen LogP contribution in [-0.2, 0) is 4.79 Å². The molecule has 1 amide bonds. The number of alkyl halides is 2. The van der Waals surface area contributed by atoms with Gasteiger partial charge in [0.15, 0.2) is 0 Å². The Kier molecular flexibility index (Phi) is 4.31. The standard InChI is InChI=1S/C12H20F2N2O/c13-11(14)8-16-6-4-10(5-7-16)15-12(17)9-2-1-3-9/h9-11H,1-8H2,(H,15,17). The van der Waals surface area contributed by atoms with Crippen LogP contribution in [0.4, 0.5) is 8.78 Å². The Morgan fingerprint density at radius 1 is 1.24 bits per heavy atom. The van der Waals surface area contributed by atoms with Crippen LogP contribution in [0.1, 0.15) is 32.1 Å². The van der Waals surface area contributed by atoms with Gasteiger partial charge in [-0.25, -0.2) is 8.78 Å². The molecule has 1 saturated heterocycles. The summed E-state index contributed by atoms with van der Waals surface area (Å²) in [5.74, 6) is 0.387. The monoisotopic (exact) mass is 246 g/mol. The molecule has 0 aromatic rings. The van der Waals surface area contributed by atoms with Crippen molar-refractivity contribution in [3.8, 4) is 0 Å². The number of nitrogens with zero attached hydrogens (tertiary/aromatic N) is 1. The van der Waals surface area contributed by atoms with E-state index in [-0.39, 0.29) is 24.4 Å². The second kappa shape index (κ2) is 5.76. The zero-order valence-corrected chi connectivity index (χ0v) is 10.0. The predicted molar refractivity (Wildman–Crippen MR) is 60.9 cm³/mol. The van der Waals surface area contributed by atoms with E-state index in [2.05, 4.69) is 5.32 Å². The van der Waals surface area contributed by atoms with Crippen LogP contribution in [-0.4, -0.2) is 42.9 Å². The van der Waals surface area contributed by atoms with Gasteiger partial charge in [0.2, 0.25) is 5.91 Å². The molecule has 1 heterocycles. The van der Waals surface area contributed by atoms with Gasteiger partial charge >= 0.3 is 0 Å². The van der Waals surface area contributed by atoms with Gasteiger partial charge in [-0.1, -0.05) is 6.42 Å². The molecule has 0 aromatic heterocycles. The minimum Gasteiger partial charge on any atom is -0.353 e. The molecule has 0 aromatic carbocycles. The first-order valence-corrected chi connectivity index (χ1v) is 6.46. The van der Waals surface area contributed by atoms with E-state index in [0.717, 1.165) is 32.1 Å². The van der Waals surface area contributed by atoms with Gasteiger partial charge in [0, 0.05) is 25.0 Å². The van der Waals surface area contributed by atoms with E-state index in [1.54, 1.807) is 4.90 Å². The van der Waals surface area contributed by atoms with Crippen molar-refractivity contribution in [2.45, 2.75) is 44.6 Å². The molecule has 1 N–H and O–H groups in total. The maximum absolute atomic E-state index is 12.2. The van der Waals surface area contributed by atoms with Gasteiger partial charge in [-0.3, -0.25) is 9.69 Å². The smallest absolute Gasteiger partial charge is 0.251 e. The third kappa shape index (κ3) is 3.63. The highest BCUT2D eigenvalue weighted by molar-refractivity contribution is 5.79. The Balaban J connectivity index is 1.66. The van der Waals surface area contributed by atoms with Gasteiger partial charge in [-0.2, -0.15) is 0 Å². The normalized spacial score (nSPS) is 23.7. The highest BCUT2D eigenvalue weighted by Gasteiger charge is 2.28. The Bertz CT molecular complexity index is 261. The van der Waals surface area contributed by atoms with Crippen molar-refractivity contribution in [1.29, 1.82) is 0 Å². The van der Waals surface area contributed by atoms with E-state index in [9.17, 15) is 13.6 Å². The lowest BCUT2D eigenvalue weighted by Crippen LogP contribution is -2.48. The molecule has 5 heteroatoms. The first-order chi connectivity index (χ1) is 8.15. The summed E-state index contributed by atoms with van der Waals surface area (Å²) in [6, 6.07) is 0.192. The lowest BCUT2D eigenvalue weighted by Gasteiger charge is -2.34. The third-order valence-corrected chi connectivity index (χ3v) is 3.81. The number of halogens is 2. The Labute approximate surface area is 101 Å². The van der Waals surface area contributed by atoms with Gasteiger partial charge in [-0.05, 0) is 25.7 Å². The number of amides is 1. The van der Waals surface area contributed by atoms with Gasteiger partial charge < -0.3 is 5.32 Å². The topological polar surface area (TPSA) is 32.3 Å². The van der Waals surface area contributed by atoms with Crippen molar-refractivity contribution >= 4 is 5.91 Å². The number of rotatable bonds is 4. The number of hydrogen-bond donors (Lipinski definition) is 1. The van der Waals surface area contributed by atoms with Crippen LogP contribution in [0, 0.1) is 5.92 Å². The van der Waals surface area contributed by atoms with Crippen LogP contribution in [0.15, 0.2) is 0 Å². The number of piperidine rings is 1. The number of carbonyl (C=O) groups excluding carboxylic acids is 1. The fraction of sp³-hybridized carbons (Fsp3) is 0.917. The van der Waals surface area contributed by atoms with Crippen LogP contribution in [0.5, 0.6) is 0 Å². The Morgan fingerprint density at radius 2 is 1.88 bits per heavy atom. The largest absolute Gasteiger partial charge is 0.353 e. The number of hydrogen-bond acceptors (Lipinski definition) is 2. The average molecular weight is 246 g/mol. The summed E-state index contributed by atoms with van der Waals surface area (Å²) < 4.78 is 24.3. The summed E-state index contributed by atoms with van der Waals surface area (Å²) in [7, 11) is 0. The highest BCUT2D eigenvalue weighted by atomic mass is 19.3. The number of carbonyl (C=O) groups is 1. The summed E-state index contributed by atoms with van der Waals surface area (Å²) in [5.41, 5.74) is 0. The first kappa shape index (κ1) is 12.7. The molecule has 0 radical (unpaired) electrons. The van der Waals surface area contributed by atoms with E-state index >= 15 is 0 Å². The lowest BCUT2D eigenvalue weighted by atomic mass is 9.84. The van der Waals surface area contributed by atoms with E-state index in [4.69, 9.17) is 0 Å². The van der Waals surface area contributed by atoms with E-state index in [1.165, 1.54) is 0 Å². The summed E-state index contributed by atoms with van der Waals surface area (Å²) in [4.78, 5) is 13.5. The zero-order valence-electron chi connectivity index (χ0n) is 10.0. The van der Waals surface area contributed by atoms with Gasteiger partial charge in [0.05, 0.1) is 6.54 Å². The van der Waals surface area contributed by atoms with Crippen molar-refractivity contribution in [2.24, 2.45) is 5.92 Å². The molecule has 1 aliphatic heterocycles. The highest BCUT2D eigenvalue weighted by Crippen LogP contribution is 2.26. The molecular formula is C12H20F2N2O. The quantitative estimate of drug-likeness (QED) is 0.817. The molecule has 2 rings (SSSR count). The summed E-state index contributed by atoms with van der Waals surface area (Å²) >= 11 is 0. The fourth-order valence-corrected chi connectivity index (χ4v) is 2.44. The summed E-state index contributed by atoms with van der Waals surface area (Å²) in [6.07, 6.45) is 2.52. The van der Waals surface area contributed by atoms with E-state index in [0.29, 0.717) is 13.1 Å². The maximum atomic E-state index is 12.2. The second-order valence-electron chi connectivity index (χ2n) is 5.10. The number of likely N-dealkylation sites (tertiary alicyclic amines) is 1. The molecule has 0 spiro atoms. The second-order valence-corrected chi connectivity index (χ2v) is 5.10. The van der Waals surface area contributed by atoms with Crippen LogP contribution in [0.25, 0.3) is 0 Å². The molecule has 1 aliphatic carbocycles. The van der Waals surface area contributed by atoms with E-state index in [1.807, 2.05) is 0 Å². The van der Waals surface area contributed by atoms with Gasteiger partial charge in [-0.15, -0.1) is 0 Å². The van der Waals surface area contributed by atoms with Crippen molar-refractivity contribution in [3.05, 3.63) is 0 Å². The van der Waals surface area contributed by atoms with Crippen LogP contribution in [0.3, 0.4) is 0 Å². The summed E-state index contributed by atoms with van der Waals surface area (Å²) in [6.45, 7) is 1.20. The molecule has 3 nitrogen and oxygen atoms in total. The fourth-order valence-electron chi connectivity index (χ4n) is 2.44. The molecule has 98 valence electrons. The zero-order chi connectivity index (χ0) is 12.3.